The fraction of sp³-hybridized carbons (Fsp3) is 0.250. The molecule has 1 aromatic rings. The molecule has 0 saturated carbocycles. The van der Waals surface area contributed by atoms with Crippen molar-refractivity contribution in [3.05, 3.63) is 53.3 Å². The Hall–Kier alpha value is -2.54. The minimum absolute atomic E-state index is 0.347. The fourth-order valence-corrected chi connectivity index (χ4v) is 2.23. The quantitative estimate of drug-likeness (QED) is 0.619. The molecule has 0 spiro atoms. The van der Waals surface area contributed by atoms with Crippen LogP contribution in [0.1, 0.15) is 18.9 Å². The normalized spacial score (nSPS) is 17.4. The summed E-state index contributed by atoms with van der Waals surface area (Å²) in [6, 6.07) is 7.50. The molecular formula is C16H14N2O2. The second kappa shape index (κ2) is 6.58. The maximum atomic E-state index is 10.2. The summed E-state index contributed by atoms with van der Waals surface area (Å²) in [5.41, 5.74) is 3.83. The molecule has 1 aliphatic rings. The molecule has 4 nitrogen and oxygen atoms in total. The van der Waals surface area contributed by atoms with Crippen LogP contribution in [-0.2, 0) is 16.0 Å². The number of isocyanates is 2. The van der Waals surface area contributed by atoms with Gasteiger partial charge in [-0.1, -0.05) is 30.7 Å². The Morgan fingerprint density at radius 3 is 2.40 bits per heavy atom. The molecular weight excluding hydrogens is 252 g/mol. The van der Waals surface area contributed by atoms with E-state index in [9.17, 15) is 9.59 Å². The van der Waals surface area contributed by atoms with Gasteiger partial charge in [0.2, 0.25) is 12.2 Å². The second-order valence-electron chi connectivity index (χ2n) is 4.75. The number of benzene rings is 1. The predicted molar refractivity (Wildman–Crippen MR) is 76.0 cm³/mol. The van der Waals surface area contributed by atoms with Crippen LogP contribution in [0.15, 0.2) is 57.7 Å². The molecule has 100 valence electrons. The van der Waals surface area contributed by atoms with Gasteiger partial charge in [-0.2, -0.15) is 9.98 Å². The van der Waals surface area contributed by atoms with E-state index in [2.05, 4.69) is 16.9 Å². The van der Waals surface area contributed by atoms with E-state index in [1.54, 1.807) is 18.2 Å². The maximum Gasteiger partial charge on any atom is 0.240 e. The van der Waals surface area contributed by atoms with Crippen LogP contribution >= 0.6 is 0 Å². The summed E-state index contributed by atoms with van der Waals surface area (Å²) in [5.74, 6) is 0.347. The third kappa shape index (κ3) is 3.48. The Balaban J connectivity index is 2.13. The average molecular weight is 266 g/mol. The van der Waals surface area contributed by atoms with Gasteiger partial charge in [0.1, 0.15) is 0 Å². The number of hydrogen-bond acceptors (Lipinski definition) is 4. The van der Waals surface area contributed by atoms with Crippen molar-refractivity contribution in [3.8, 4) is 0 Å². The van der Waals surface area contributed by atoms with Gasteiger partial charge in [-0.05, 0) is 42.5 Å². The van der Waals surface area contributed by atoms with Gasteiger partial charge >= 0.3 is 0 Å². The lowest BCUT2D eigenvalue weighted by atomic mass is 9.87. The van der Waals surface area contributed by atoms with E-state index in [0.717, 1.165) is 24.1 Å². The van der Waals surface area contributed by atoms with Crippen LogP contribution in [-0.4, -0.2) is 12.2 Å². The summed E-state index contributed by atoms with van der Waals surface area (Å²) in [6.07, 6.45) is 8.57. The first-order chi connectivity index (χ1) is 9.72. The summed E-state index contributed by atoms with van der Waals surface area (Å²) in [5, 5.41) is 0. The van der Waals surface area contributed by atoms with Crippen molar-refractivity contribution in [1.82, 2.24) is 0 Å². The summed E-state index contributed by atoms with van der Waals surface area (Å²) >= 11 is 0. The summed E-state index contributed by atoms with van der Waals surface area (Å²) in [7, 11) is 0. The van der Waals surface area contributed by atoms with E-state index in [1.165, 1.54) is 11.7 Å². The maximum absolute atomic E-state index is 10.2. The van der Waals surface area contributed by atoms with Crippen LogP contribution in [0.3, 0.4) is 0 Å². The van der Waals surface area contributed by atoms with Crippen molar-refractivity contribution < 1.29 is 9.59 Å². The highest BCUT2D eigenvalue weighted by molar-refractivity contribution is 5.49. The second-order valence-corrected chi connectivity index (χ2v) is 4.75. The van der Waals surface area contributed by atoms with Gasteiger partial charge in [-0.15, -0.1) is 0 Å². The Bertz CT molecular complexity index is 644. The smallest absolute Gasteiger partial charge is 0.211 e. The summed E-state index contributed by atoms with van der Waals surface area (Å²) < 4.78 is 0. The van der Waals surface area contributed by atoms with Crippen molar-refractivity contribution in [2.45, 2.75) is 19.8 Å². The fourth-order valence-electron chi connectivity index (χ4n) is 2.23. The zero-order valence-electron chi connectivity index (χ0n) is 11.2. The first kappa shape index (κ1) is 13.9. The van der Waals surface area contributed by atoms with Crippen molar-refractivity contribution in [2.24, 2.45) is 15.9 Å². The first-order valence-electron chi connectivity index (χ1n) is 6.37. The molecule has 4 heteroatoms. The Labute approximate surface area is 117 Å². The third-order valence-corrected chi connectivity index (χ3v) is 3.35. The molecule has 1 aromatic carbocycles. The standard InChI is InChI=1S/C16H14N2O2/c1-12-8-16(18-11-20)7-4-14(12)9-13-2-5-15(6-3-13)17-10-19/h2-7,12H,8-9H2,1H3/t12-/m0/s1. The van der Waals surface area contributed by atoms with Crippen LogP contribution in [0, 0.1) is 5.92 Å². The van der Waals surface area contributed by atoms with Gasteiger partial charge in [-0.25, -0.2) is 9.59 Å². The number of aliphatic imine (C=N–C) groups is 2. The molecule has 2 rings (SSSR count). The van der Waals surface area contributed by atoms with Gasteiger partial charge in [0.15, 0.2) is 0 Å². The largest absolute Gasteiger partial charge is 0.240 e. The molecule has 0 bridgehead atoms. The average Bonchev–Trinajstić information content (AvgIpc) is 2.44. The number of allylic oxidation sites excluding steroid dienone is 4. The highest BCUT2D eigenvalue weighted by Crippen LogP contribution is 2.28. The first-order valence-corrected chi connectivity index (χ1v) is 6.37. The molecule has 1 atom stereocenters. The van der Waals surface area contributed by atoms with Crippen molar-refractivity contribution >= 4 is 17.8 Å². The minimum Gasteiger partial charge on any atom is -0.211 e. The summed E-state index contributed by atoms with van der Waals surface area (Å²) in [4.78, 5) is 27.6. The lowest BCUT2D eigenvalue weighted by Crippen LogP contribution is -2.07. The topological polar surface area (TPSA) is 58.9 Å². The highest BCUT2D eigenvalue weighted by atomic mass is 16.1. The molecule has 0 radical (unpaired) electrons. The van der Waals surface area contributed by atoms with E-state index < -0.39 is 0 Å². The van der Waals surface area contributed by atoms with E-state index in [4.69, 9.17) is 0 Å². The zero-order valence-corrected chi connectivity index (χ0v) is 11.2. The lowest BCUT2D eigenvalue weighted by Gasteiger charge is -2.19. The van der Waals surface area contributed by atoms with Crippen molar-refractivity contribution in [3.63, 3.8) is 0 Å². The van der Waals surface area contributed by atoms with Crippen LogP contribution in [0.4, 0.5) is 5.69 Å². The molecule has 0 saturated heterocycles. The van der Waals surface area contributed by atoms with Crippen LogP contribution in [0.2, 0.25) is 0 Å². The van der Waals surface area contributed by atoms with Crippen LogP contribution < -0.4 is 0 Å². The zero-order chi connectivity index (χ0) is 14.4. The third-order valence-electron chi connectivity index (χ3n) is 3.35. The SMILES string of the molecule is C[C@H]1CC(N=C=O)=CC=C1Cc1ccc(N=C=O)cc1. The number of rotatable bonds is 4. The minimum atomic E-state index is 0.347. The number of nitrogens with zero attached hydrogens (tertiary/aromatic N) is 2. The molecule has 0 unspecified atom stereocenters. The molecule has 1 aliphatic carbocycles. The highest BCUT2D eigenvalue weighted by Gasteiger charge is 2.15. The van der Waals surface area contributed by atoms with Gasteiger partial charge in [0.25, 0.3) is 0 Å². The number of hydrogen-bond donors (Lipinski definition) is 0. The van der Waals surface area contributed by atoms with Gasteiger partial charge < -0.3 is 0 Å². The van der Waals surface area contributed by atoms with Crippen molar-refractivity contribution in [1.29, 1.82) is 0 Å². The van der Waals surface area contributed by atoms with E-state index in [0.29, 0.717) is 11.6 Å². The van der Waals surface area contributed by atoms with Gasteiger partial charge in [0.05, 0.1) is 11.4 Å². The summed E-state index contributed by atoms with van der Waals surface area (Å²) in [6.45, 7) is 2.12. The van der Waals surface area contributed by atoms with Crippen LogP contribution in [0.5, 0.6) is 0 Å². The Morgan fingerprint density at radius 2 is 1.80 bits per heavy atom. The van der Waals surface area contributed by atoms with Gasteiger partial charge in [0, 0.05) is 0 Å². The van der Waals surface area contributed by atoms with E-state index in [-0.39, 0.29) is 0 Å². The number of carbonyl (C=O) groups excluding carboxylic acids is 2. The Morgan fingerprint density at radius 1 is 1.10 bits per heavy atom. The van der Waals surface area contributed by atoms with Crippen molar-refractivity contribution in [2.75, 3.05) is 0 Å². The molecule has 0 amide bonds. The van der Waals surface area contributed by atoms with E-state index >= 15 is 0 Å². The molecule has 0 aromatic heterocycles. The molecule has 0 aliphatic heterocycles. The predicted octanol–water partition coefficient (Wildman–Crippen LogP) is 3.38. The van der Waals surface area contributed by atoms with Crippen LogP contribution in [0.25, 0.3) is 0 Å². The lowest BCUT2D eigenvalue weighted by molar-refractivity contribution is 0.562. The molecule has 0 heterocycles. The monoisotopic (exact) mass is 266 g/mol. The molecule has 0 N–H and O–H groups in total. The van der Waals surface area contributed by atoms with Gasteiger partial charge in [-0.3, -0.25) is 0 Å². The Kier molecular flexibility index (Phi) is 4.56. The molecule has 0 fully saturated rings. The van der Waals surface area contributed by atoms with E-state index in [1.807, 2.05) is 24.3 Å². The molecule has 20 heavy (non-hydrogen) atoms.